The van der Waals surface area contributed by atoms with Gasteiger partial charge in [0, 0.05) is 6.42 Å². The van der Waals surface area contributed by atoms with Gasteiger partial charge in [0.2, 0.25) is 5.91 Å². The first-order valence-corrected chi connectivity index (χ1v) is 8.68. The van der Waals surface area contributed by atoms with Crippen LogP contribution in [0.15, 0.2) is 42.9 Å². The Hall–Kier alpha value is -3.28. The molecule has 0 spiro atoms. The number of hydrogen-bond acceptors (Lipinski definition) is 9. The van der Waals surface area contributed by atoms with Gasteiger partial charge in [0.25, 0.3) is 0 Å². The van der Waals surface area contributed by atoms with Crippen LogP contribution in [0.1, 0.15) is 17.7 Å². The molecule has 1 aromatic heterocycles. The van der Waals surface area contributed by atoms with Crippen molar-refractivity contribution in [1.82, 2.24) is 9.71 Å². The van der Waals surface area contributed by atoms with Gasteiger partial charge >= 0.3 is 11.9 Å². The zero-order valence-electron chi connectivity index (χ0n) is 15.6. The summed E-state index contributed by atoms with van der Waals surface area (Å²) >= 11 is 0. The van der Waals surface area contributed by atoms with E-state index >= 15 is 0 Å². The van der Waals surface area contributed by atoms with E-state index in [2.05, 4.69) is 4.98 Å². The number of ether oxygens (including phenoxy) is 2. The van der Waals surface area contributed by atoms with Crippen LogP contribution in [0.25, 0.3) is 0 Å². The van der Waals surface area contributed by atoms with Crippen molar-refractivity contribution in [2.45, 2.75) is 31.5 Å². The van der Waals surface area contributed by atoms with Crippen LogP contribution in [-0.4, -0.2) is 46.4 Å². The lowest BCUT2D eigenvalue weighted by molar-refractivity contribution is -0.158. The van der Waals surface area contributed by atoms with Crippen molar-refractivity contribution < 1.29 is 28.7 Å². The van der Waals surface area contributed by atoms with Crippen molar-refractivity contribution in [3.63, 3.8) is 0 Å². The minimum absolute atomic E-state index is 0.0510. The summed E-state index contributed by atoms with van der Waals surface area (Å²) in [4.78, 5) is 43.3. The van der Waals surface area contributed by atoms with E-state index in [-0.39, 0.29) is 19.6 Å². The summed E-state index contributed by atoms with van der Waals surface area (Å²) in [7, 11) is 0. The number of aromatic nitrogens is 2. The van der Waals surface area contributed by atoms with Gasteiger partial charge in [-0.2, -0.15) is 4.73 Å². The Morgan fingerprint density at radius 2 is 1.79 bits per heavy atom. The fourth-order valence-electron chi connectivity index (χ4n) is 2.22. The summed E-state index contributed by atoms with van der Waals surface area (Å²) in [5.74, 6) is -2.24. The predicted octanol–water partition coefficient (Wildman–Crippen LogP) is -1.37. The molecule has 0 unspecified atom stereocenters. The zero-order chi connectivity index (χ0) is 21.2. The summed E-state index contributed by atoms with van der Waals surface area (Å²) in [6.07, 6.45) is 2.26. The Kier molecular flexibility index (Phi) is 8.27. The average Bonchev–Trinajstić information content (AvgIpc) is 3.12. The molecule has 0 aliphatic carbocycles. The molecule has 11 nitrogen and oxygen atoms in total. The van der Waals surface area contributed by atoms with E-state index in [9.17, 15) is 14.4 Å². The van der Waals surface area contributed by atoms with Crippen LogP contribution >= 0.6 is 0 Å². The number of nitrogens with zero attached hydrogens (tertiary/aromatic N) is 2. The molecule has 0 saturated carbocycles. The first-order valence-electron chi connectivity index (χ1n) is 8.68. The monoisotopic (exact) mass is 405 g/mol. The van der Waals surface area contributed by atoms with Gasteiger partial charge in [0.05, 0.1) is 24.9 Å². The summed E-state index contributed by atoms with van der Waals surface area (Å²) in [5, 5.41) is 0. The molecule has 11 heteroatoms. The van der Waals surface area contributed by atoms with E-state index in [1.54, 1.807) is 0 Å². The molecule has 0 bridgehead atoms. The van der Waals surface area contributed by atoms with Crippen molar-refractivity contribution in [1.29, 1.82) is 0 Å². The second kappa shape index (κ2) is 10.9. The second-order valence-electron chi connectivity index (χ2n) is 6.14. The van der Waals surface area contributed by atoms with Gasteiger partial charge in [0.1, 0.15) is 18.4 Å². The molecular weight excluding hydrogens is 382 g/mol. The van der Waals surface area contributed by atoms with E-state index in [0.29, 0.717) is 12.3 Å². The fourth-order valence-corrected chi connectivity index (χ4v) is 2.22. The fraction of sp³-hybridized carbons (Fsp3) is 0.333. The Morgan fingerprint density at radius 3 is 2.48 bits per heavy atom. The number of imidazole rings is 1. The molecule has 2 atom stereocenters. The van der Waals surface area contributed by atoms with Crippen molar-refractivity contribution >= 4 is 17.8 Å². The number of esters is 1. The SMILES string of the molecule is NC(=O)C[C@H](N)C(=O)On1cnc(C[C@H](N)C(=O)OCOCc2ccccc2)c1. The number of carbonyl (C=O) groups excluding carboxylic acids is 3. The minimum atomic E-state index is -1.19. The van der Waals surface area contributed by atoms with Gasteiger partial charge in [-0.25, -0.2) is 9.78 Å². The highest BCUT2D eigenvalue weighted by molar-refractivity contribution is 5.84. The lowest BCUT2D eigenvalue weighted by Gasteiger charge is -2.11. The Labute approximate surface area is 166 Å². The predicted molar refractivity (Wildman–Crippen MR) is 99.5 cm³/mol. The Bertz CT molecular complexity index is 825. The summed E-state index contributed by atoms with van der Waals surface area (Å²) < 4.78 is 11.2. The number of benzene rings is 1. The van der Waals surface area contributed by atoms with Crippen LogP contribution in [0.4, 0.5) is 0 Å². The molecule has 2 rings (SSSR count). The van der Waals surface area contributed by atoms with Crippen molar-refractivity contribution in [2.24, 2.45) is 17.2 Å². The number of nitrogens with two attached hydrogens (primary N) is 3. The van der Waals surface area contributed by atoms with Crippen LogP contribution < -0.4 is 22.0 Å². The van der Waals surface area contributed by atoms with Crippen LogP contribution in [0.3, 0.4) is 0 Å². The third-order valence-electron chi connectivity index (χ3n) is 3.66. The highest BCUT2D eigenvalue weighted by Crippen LogP contribution is 2.03. The molecule has 0 saturated heterocycles. The van der Waals surface area contributed by atoms with E-state index in [1.807, 2.05) is 30.3 Å². The molecule has 0 fully saturated rings. The number of rotatable bonds is 11. The molecule has 0 aliphatic rings. The summed E-state index contributed by atoms with van der Waals surface area (Å²) in [5.41, 5.74) is 17.6. The minimum Gasteiger partial charge on any atom is -0.437 e. The maximum atomic E-state index is 11.9. The number of amides is 1. The van der Waals surface area contributed by atoms with Crippen LogP contribution in [0.5, 0.6) is 0 Å². The van der Waals surface area contributed by atoms with E-state index in [4.69, 9.17) is 31.5 Å². The van der Waals surface area contributed by atoms with E-state index < -0.39 is 29.9 Å². The van der Waals surface area contributed by atoms with Gasteiger partial charge in [-0.15, -0.1) is 0 Å². The van der Waals surface area contributed by atoms with Crippen molar-refractivity contribution in [2.75, 3.05) is 6.79 Å². The molecule has 1 aromatic carbocycles. The second-order valence-corrected chi connectivity index (χ2v) is 6.14. The lowest BCUT2D eigenvalue weighted by atomic mass is 10.2. The molecular formula is C18H23N5O6. The molecule has 2 aromatic rings. The summed E-state index contributed by atoms with van der Waals surface area (Å²) in [6.45, 7) is 0.0717. The first kappa shape index (κ1) is 22.0. The van der Waals surface area contributed by atoms with Gasteiger partial charge in [0.15, 0.2) is 6.79 Å². The van der Waals surface area contributed by atoms with Crippen molar-refractivity contribution in [3.05, 3.63) is 54.1 Å². The first-order chi connectivity index (χ1) is 13.8. The standard InChI is InChI=1S/C18H23N5O6/c19-14(17(25)28-11-27-9-12-4-2-1-3-5-12)6-13-8-23(10-22-13)29-18(26)15(20)7-16(21)24/h1-5,8,10,14-15H,6-7,9,11,19-20H2,(H2,21,24)/t14-,15-/m0/s1. The quantitative estimate of drug-likeness (QED) is 0.231. The number of primary amides is 1. The largest absolute Gasteiger partial charge is 0.437 e. The maximum absolute atomic E-state index is 11.9. The van der Waals surface area contributed by atoms with Gasteiger partial charge in [-0.3, -0.25) is 9.59 Å². The van der Waals surface area contributed by atoms with Crippen LogP contribution in [0.2, 0.25) is 0 Å². The molecule has 6 N–H and O–H groups in total. The van der Waals surface area contributed by atoms with Gasteiger partial charge in [-0.05, 0) is 5.56 Å². The van der Waals surface area contributed by atoms with Crippen molar-refractivity contribution in [3.8, 4) is 0 Å². The molecule has 1 heterocycles. The third kappa shape index (κ3) is 7.70. The molecule has 29 heavy (non-hydrogen) atoms. The normalized spacial score (nSPS) is 12.8. The molecule has 0 radical (unpaired) electrons. The summed E-state index contributed by atoms with van der Waals surface area (Å²) in [6, 6.07) is 7.25. The zero-order valence-corrected chi connectivity index (χ0v) is 15.6. The Balaban J connectivity index is 1.72. The molecule has 0 aliphatic heterocycles. The van der Waals surface area contributed by atoms with E-state index in [0.717, 1.165) is 10.3 Å². The average molecular weight is 405 g/mol. The topological polar surface area (TPSA) is 175 Å². The third-order valence-corrected chi connectivity index (χ3v) is 3.66. The maximum Gasteiger partial charge on any atom is 0.349 e. The van der Waals surface area contributed by atoms with Gasteiger partial charge < -0.3 is 31.5 Å². The smallest absolute Gasteiger partial charge is 0.349 e. The Morgan fingerprint density at radius 1 is 1.07 bits per heavy atom. The van der Waals surface area contributed by atoms with Gasteiger partial charge in [-0.1, -0.05) is 30.3 Å². The van der Waals surface area contributed by atoms with Crippen LogP contribution in [0, 0.1) is 0 Å². The number of carbonyl (C=O) groups is 3. The highest BCUT2D eigenvalue weighted by Gasteiger charge is 2.20. The number of hydrogen-bond donors (Lipinski definition) is 3. The highest BCUT2D eigenvalue weighted by atomic mass is 16.7. The van der Waals surface area contributed by atoms with Crippen LogP contribution in [-0.2, 0) is 36.9 Å². The molecule has 1 amide bonds. The lowest BCUT2D eigenvalue weighted by Crippen LogP contribution is -2.40. The molecule has 156 valence electrons. The van der Waals surface area contributed by atoms with E-state index in [1.165, 1.54) is 12.5 Å².